The maximum atomic E-state index is 11.7. The molecule has 0 saturated carbocycles. The lowest BCUT2D eigenvalue weighted by Crippen LogP contribution is -2.02. The number of ether oxygens (including phenoxy) is 2. The summed E-state index contributed by atoms with van der Waals surface area (Å²) in [6.07, 6.45) is 2.33. The van der Waals surface area contributed by atoms with Gasteiger partial charge in [0.2, 0.25) is 0 Å². The molecule has 1 heterocycles. The number of carbonyl (C=O) groups excluding carboxylic acids is 1. The lowest BCUT2D eigenvalue weighted by molar-refractivity contribution is 0.0599. The number of aromatic nitrogens is 2. The molecular formula is C14H16N2O3. The molecule has 100 valence electrons. The Labute approximate surface area is 111 Å². The van der Waals surface area contributed by atoms with E-state index in [1.165, 1.54) is 7.11 Å². The smallest absolute Gasteiger partial charge is 0.341 e. The first-order valence-electron chi connectivity index (χ1n) is 6.01. The second-order valence-corrected chi connectivity index (χ2v) is 3.95. The minimum absolute atomic E-state index is 0.377. The first kappa shape index (κ1) is 13.1. The number of hydrogen-bond acceptors (Lipinski definition) is 4. The Hall–Kier alpha value is -2.30. The molecule has 5 nitrogen and oxygen atoms in total. The van der Waals surface area contributed by atoms with E-state index in [0.717, 1.165) is 5.69 Å². The van der Waals surface area contributed by atoms with Crippen molar-refractivity contribution >= 4 is 5.97 Å². The van der Waals surface area contributed by atoms with Gasteiger partial charge in [0.05, 0.1) is 19.9 Å². The van der Waals surface area contributed by atoms with E-state index < -0.39 is 0 Å². The van der Waals surface area contributed by atoms with E-state index in [9.17, 15) is 4.79 Å². The van der Waals surface area contributed by atoms with Crippen LogP contribution in [0.5, 0.6) is 5.75 Å². The van der Waals surface area contributed by atoms with Gasteiger partial charge in [0.15, 0.2) is 0 Å². The van der Waals surface area contributed by atoms with Gasteiger partial charge in [0.1, 0.15) is 17.0 Å². The number of esters is 1. The van der Waals surface area contributed by atoms with Crippen LogP contribution in [-0.2, 0) is 11.2 Å². The summed E-state index contributed by atoms with van der Waals surface area (Å²) in [5.41, 5.74) is 1.98. The molecule has 0 spiro atoms. The van der Waals surface area contributed by atoms with Crippen LogP contribution in [0.25, 0.3) is 5.69 Å². The molecular weight excluding hydrogens is 244 g/mol. The lowest BCUT2D eigenvalue weighted by Gasteiger charge is -2.07. The van der Waals surface area contributed by atoms with Crippen LogP contribution in [-0.4, -0.2) is 30.0 Å². The maximum absolute atomic E-state index is 11.7. The van der Waals surface area contributed by atoms with E-state index in [1.54, 1.807) is 18.0 Å². The van der Waals surface area contributed by atoms with Gasteiger partial charge in [0.25, 0.3) is 0 Å². The van der Waals surface area contributed by atoms with Gasteiger partial charge in [-0.25, -0.2) is 9.48 Å². The van der Waals surface area contributed by atoms with Gasteiger partial charge in [-0.2, -0.15) is 5.10 Å². The Kier molecular flexibility index (Phi) is 3.85. The van der Waals surface area contributed by atoms with Gasteiger partial charge in [0, 0.05) is 6.20 Å². The van der Waals surface area contributed by atoms with Crippen LogP contribution in [0.4, 0.5) is 0 Å². The highest BCUT2D eigenvalue weighted by Crippen LogP contribution is 2.23. The topological polar surface area (TPSA) is 53.4 Å². The molecule has 0 bridgehead atoms. The normalized spacial score (nSPS) is 10.3. The van der Waals surface area contributed by atoms with Gasteiger partial charge in [-0.15, -0.1) is 0 Å². The fourth-order valence-corrected chi connectivity index (χ4v) is 1.89. The summed E-state index contributed by atoms with van der Waals surface area (Å²) < 4.78 is 11.7. The second kappa shape index (κ2) is 5.56. The maximum Gasteiger partial charge on any atom is 0.341 e. The van der Waals surface area contributed by atoms with Crippen LogP contribution < -0.4 is 4.74 Å². The van der Waals surface area contributed by atoms with Crippen molar-refractivity contribution in [2.45, 2.75) is 13.3 Å². The number of rotatable bonds is 4. The van der Waals surface area contributed by atoms with Crippen LogP contribution in [0.2, 0.25) is 0 Å². The molecule has 2 aromatic rings. The monoisotopic (exact) mass is 260 g/mol. The van der Waals surface area contributed by atoms with Crippen molar-refractivity contribution in [1.82, 2.24) is 9.78 Å². The van der Waals surface area contributed by atoms with Crippen molar-refractivity contribution in [2.75, 3.05) is 14.2 Å². The predicted octanol–water partition coefficient (Wildman–Crippen LogP) is 2.23. The van der Waals surface area contributed by atoms with E-state index in [0.29, 0.717) is 23.4 Å². The summed E-state index contributed by atoms with van der Waals surface area (Å²) in [5, 5.41) is 4.41. The van der Waals surface area contributed by atoms with Crippen molar-refractivity contribution < 1.29 is 14.3 Å². The zero-order chi connectivity index (χ0) is 13.8. The SMILES string of the molecule is CCc1nn(-c2ccccc2OC)cc1C(=O)OC. The predicted molar refractivity (Wildman–Crippen MR) is 70.8 cm³/mol. The van der Waals surface area contributed by atoms with E-state index in [2.05, 4.69) is 5.10 Å². The van der Waals surface area contributed by atoms with Crippen LogP contribution in [0.1, 0.15) is 23.0 Å². The minimum atomic E-state index is -0.377. The van der Waals surface area contributed by atoms with Gasteiger partial charge in [-0.05, 0) is 18.6 Å². The van der Waals surface area contributed by atoms with E-state index in [-0.39, 0.29) is 5.97 Å². The summed E-state index contributed by atoms with van der Waals surface area (Å²) in [7, 11) is 2.96. The summed E-state index contributed by atoms with van der Waals surface area (Å²) >= 11 is 0. The average Bonchev–Trinajstić information content (AvgIpc) is 2.90. The van der Waals surface area contributed by atoms with E-state index in [1.807, 2.05) is 31.2 Å². The Balaban J connectivity index is 2.51. The quantitative estimate of drug-likeness (QED) is 0.791. The van der Waals surface area contributed by atoms with Crippen molar-refractivity contribution in [3.8, 4) is 11.4 Å². The molecule has 0 fully saturated rings. The molecule has 1 aromatic carbocycles. The van der Waals surface area contributed by atoms with E-state index in [4.69, 9.17) is 9.47 Å². The van der Waals surface area contributed by atoms with Crippen molar-refractivity contribution in [2.24, 2.45) is 0 Å². The van der Waals surface area contributed by atoms with Crippen LogP contribution in [0, 0.1) is 0 Å². The van der Waals surface area contributed by atoms with Crippen LogP contribution >= 0.6 is 0 Å². The average molecular weight is 260 g/mol. The third-order valence-corrected chi connectivity index (χ3v) is 2.86. The Morgan fingerprint density at radius 2 is 2.05 bits per heavy atom. The number of benzene rings is 1. The molecule has 1 aromatic heterocycles. The Bertz CT molecular complexity index is 590. The third kappa shape index (κ3) is 2.45. The van der Waals surface area contributed by atoms with Crippen LogP contribution in [0.3, 0.4) is 0 Å². The minimum Gasteiger partial charge on any atom is -0.494 e. The summed E-state index contributed by atoms with van der Waals surface area (Å²) in [6, 6.07) is 7.50. The first-order valence-corrected chi connectivity index (χ1v) is 6.01. The van der Waals surface area contributed by atoms with Crippen molar-refractivity contribution in [1.29, 1.82) is 0 Å². The zero-order valence-electron chi connectivity index (χ0n) is 11.2. The van der Waals surface area contributed by atoms with Crippen LogP contribution in [0.15, 0.2) is 30.5 Å². The molecule has 0 N–H and O–H groups in total. The Morgan fingerprint density at radius 1 is 1.32 bits per heavy atom. The largest absolute Gasteiger partial charge is 0.494 e. The molecule has 5 heteroatoms. The number of hydrogen-bond donors (Lipinski definition) is 0. The molecule has 2 rings (SSSR count). The molecule has 0 saturated heterocycles. The standard InChI is InChI=1S/C14H16N2O3/c1-4-11-10(14(17)19-3)9-16(15-11)12-7-5-6-8-13(12)18-2/h5-9H,4H2,1-3H3. The zero-order valence-corrected chi connectivity index (χ0v) is 11.2. The molecule has 0 amide bonds. The third-order valence-electron chi connectivity index (χ3n) is 2.86. The van der Waals surface area contributed by atoms with Crippen molar-refractivity contribution in [3.63, 3.8) is 0 Å². The molecule has 0 unspecified atom stereocenters. The Morgan fingerprint density at radius 3 is 2.68 bits per heavy atom. The molecule has 0 aliphatic carbocycles. The highest BCUT2D eigenvalue weighted by atomic mass is 16.5. The van der Waals surface area contributed by atoms with Gasteiger partial charge < -0.3 is 9.47 Å². The second-order valence-electron chi connectivity index (χ2n) is 3.95. The molecule has 19 heavy (non-hydrogen) atoms. The first-order chi connectivity index (χ1) is 9.21. The number of methoxy groups -OCH3 is 2. The molecule has 0 atom stereocenters. The lowest BCUT2D eigenvalue weighted by atomic mass is 10.2. The molecule has 0 radical (unpaired) electrons. The number of aryl methyl sites for hydroxylation is 1. The molecule has 0 aliphatic heterocycles. The highest BCUT2D eigenvalue weighted by molar-refractivity contribution is 5.90. The van der Waals surface area contributed by atoms with Gasteiger partial charge in [-0.1, -0.05) is 19.1 Å². The number of carbonyl (C=O) groups is 1. The number of para-hydroxylation sites is 2. The highest BCUT2D eigenvalue weighted by Gasteiger charge is 2.17. The van der Waals surface area contributed by atoms with Gasteiger partial charge >= 0.3 is 5.97 Å². The van der Waals surface area contributed by atoms with Crippen molar-refractivity contribution in [3.05, 3.63) is 41.7 Å². The summed E-state index contributed by atoms with van der Waals surface area (Å²) in [4.78, 5) is 11.7. The summed E-state index contributed by atoms with van der Waals surface area (Å²) in [5.74, 6) is 0.321. The fraction of sp³-hybridized carbons (Fsp3) is 0.286. The van der Waals surface area contributed by atoms with E-state index >= 15 is 0 Å². The molecule has 0 aliphatic rings. The fourth-order valence-electron chi connectivity index (χ4n) is 1.89. The van der Waals surface area contributed by atoms with Gasteiger partial charge in [-0.3, -0.25) is 0 Å². The number of nitrogens with zero attached hydrogens (tertiary/aromatic N) is 2. The summed E-state index contributed by atoms with van der Waals surface area (Å²) in [6.45, 7) is 1.95.